The van der Waals surface area contributed by atoms with Gasteiger partial charge < -0.3 is 15.1 Å². The van der Waals surface area contributed by atoms with E-state index < -0.39 is 0 Å². The second-order valence-electron chi connectivity index (χ2n) is 7.24. The molecule has 0 radical (unpaired) electrons. The first-order valence-corrected chi connectivity index (χ1v) is 8.78. The smallest absolute Gasteiger partial charge is 0.228 e. The zero-order valence-corrected chi connectivity index (χ0v) is 15.1. The summed E-state index contributed by atoms with van der Waals surface area (Å²) in [5.74, 6) is -0.0355. The molecule has 2 aliphatic rings. The number of rotatable bonds is 2. The Morgan fingerprint density at radius 2 is 1.88 bits per heavy atom. The van der Waals surface area contributed by atoms with E-state index in [0.29, 0.717) is 13.0 Å². The molecule has 1 unspecified atom stereocenters. The molecular weight excluding hydrogens is 302 g/mol. The van der Waals surface area contributed by atoms with Crippen molar-refractivity contribution in [3.8, 4) is 0 Å². The minimum absolute atomic E-state index is 0.0613. The molecule has 130 valence electrons. The molecule has 2 amide bonds. The summed E-state index contributed by atoms with van der Waals surface area (Å²) in [4.78, 5) is 29.2. The van der Waals surface area contributed by atoms with Gasteiger partial charge in [-0.05, 0) is 38.8 Å². The Bertz CT molecular complexity index is 648. The van der Waals surface area contributed by atoms with Crippen LogP contribution >= 0.6 is 0 Å². The van der Waals surface area contributed by atoms with Crippen LogP contribution in [0.15, 0.2) is 12.1 Å². The fourth-order valence-corrected chi connectivity index (χ4v) is 4.09. The van der Waals surface area contributed by atoms with Crippen molar-refractivity contribution in [2.75, 3.05) is 31.1 Å². The summed E-state index contributed by atoms with van der Waals surface area (Å²) in [6.07, 6.45) is 0.322. The molecule has 0 saturated carbocycles. The highest BCUT2D eigenvalue weighted by Gasteiger charge is 2.39. The quantitative estimate of drug-likeness (QED) is 0.900. The molecule has 0 aliphatic carbocycles. The molecule has 5 nitrogen and oxygen atoms in total. The van der Waals surface area contributed by atoms with Crippen LogP contribution in [0.25, 0.3) is 0 Å². The third-order valence-electron chi connectivity index (χ3n) is 5.16. The number of hydrogen-bond donors (Lipinski definition) is 1. The Balaban J connectivity index is 1.80. The molecule has 2 saturated heterocycles. The molecule has 0 spiro atoms. The van der Waals surface area contributed by atoms with E-state index in [-0.39, 0.29) is 23.8 Å². The van der Waals surface area contributed by atoms with Gasteiger partial charge in [0.15, 0.2) is 0 Å². The van der Waals surface area contributed by atoms with Gasteiger partial charge in [-0.3, -0.25) is 9.59 Å². The maximum atomic E-state index is 12.9. The number of carbonyl (C=O) groups is 2. The summed E-state index contributed by atoms with van der Waals surface area (Å²) < 4.78 is 0. The summed E-state index contributed by atoms with van der Waals surface area (Å²) in [5, 5.41) is 3.30. The van der Waals surface area contributed by atoms with Crippen LogP contribution in [0.4, 0.5) is 5.69 Å². The zero-order valence-electron chi connectivity index (χ0n) is 15.1. The fraction of sp³-hybridized carbons (Fsp3) is 0.579. The average molecular weight is 329 g/mol. The van der Waals surface area contributed by atoms with Gasteiger partial charge in [0.25, 0.3) is 0 Å². The van der Waals surface area contributed by atoms with Gasteiger partial charge in [-0.15, -0.1) is 0 Å². The first-order valence-electron chi connectivity index (χ1n) is 8.78. The van der Waals surface area contributed by atoms with Gasteiger partial charge in [0.05, 0.1) is 5.92 Å². The molecule has 0 bridgehead atoms. The second-order valence-corrected chi connectivity index (χ2v) is 7.24. The predicted octanol–water partition coefficient (Wildman–Crippen LogP) is 1.79. The first kappa shape index (κ1) is 17.0. The number of aryl methyl sites for hydroxylation is 3. The number of benzene rings is 1. The minimum Gasteiger partial charge on any atom is -0.337 e. The Labute approximate surface area is 144 Å². The van der Waals surface area contributed by atoms with E-state index in [9.17, 15) is 9.59 Å². The molecule has 2 atom stereocenters. The number of amides is 2. The van der Waals surface area contributed by atoms with Crippen LogP contribution in [-0.4, -0.2) is 48.9 Å². The molecule has 2 aliphatic heterocycles. The molecule has 1 aromatic carbocycles. The summed E-state index contributed by atoms with van der Waals surface area (Å²) in [5.41, 5.74) is 4.38. The highest BCUT2D eigenvalue weighted by molar-refractivity contribution is 6.01. The van der Waals surface area contributed by atoms with Crippen LogP contribution in [0.1, 0.15) is 30.0 Å². The maximum Gasteiger partial charge on any atom is 0.228 e. The molecule has 1 N–H and O–H groups in total. The van der Waals surface area contributed by atoms with Crippen molar-refractivity contribution in [3.05, 3.63) is 28.8 Å². The largest absolute Gasteiger partial charge is 0.337 e. The van der Waals surface area contributed by atoms with Crippen molar-refractivity contribution in [1.82, 2.24) is 10.2 Å². The van der Waals surface area contributed by atoms with Gasteiger partial charge in [0.1, 0.15) is 0 Å². The van der Waals surface area contributed by atoms with Crippen LogP contribution < -0.4 is 10.2 Å². The lowest BCUT2D eigenvalue weighted by atomic mass is 10.0. The van der Waals surface area contributed by atoms with E-state index in [4.69, 9.17) is 0 Å². The van der Waals surface area contributed by atoms with Crippen molar-refractivity contribution < 1.29 is 9.59 Å². The van der Waals surface area contributed by atoms with Crippen molar-refractivity contribution in [1.29, 1.82) is 0 Å². The molecule has 1 aromatic rings. The number of hydrogen-bond acceptors (Lipinski definition) is 3. The first-order chi connectivity index (χ1) is 11.4. The predicted molar refractivity (Wildman–Crippen MR) is 95.2 cm³/mol. The van der Waals surface area contributed by atoms with Gasteiger partial charge in [-0.2, -0.15) is 0 Å². The standard InChI is InChI=1S/C19H27N3O2/c1-12-7-13(2)18(14(3)8-12)22-11-16(9-17(22)23)19(24)21-6-5-20-10-15(21)4/h7-8,15-16,20H,5-6,9-11H2,1-4H3/t15-,16?/m1/s1. The normalized spacial score (nSPS) is 24.6. The molecule has 3 rings (SSSR count). The SMILES string of the molecule is Cc1cc(C)c(N2CC(C(=O)N3CCNC[C@H]3C)CC2=O)c(C)c1. The summed E-state index contributed by atoms with van der Waals surface area (Å²) in [6, 6.07) is 4.39. The lowest BCUT2D eigenvalue weighted by Crippen LogP contribution is -2.54. The van der Waals surface area contributed by atoms with Crippen LogP contribution in [-0.2, 0) is 9.59 Å². The lowest BCUT2D eigenvalue weighted by molar-refractivity contribution is -0.138. The topological polar surface area (TPSA) is 52.7 Å². The molecule has 2 fully saturated rings. The Hall–Kier alpha value is -1.88. The highest BCUT2D eigenvalue weighted by atomic mass is 16.2. The van der Waals surface area contributed by atoms with E-state index >= 15 is 0 Å². The number of nitrogens with one attached hydrogen (secondary N) is 1. The van der Waals surface area contributed by atoms with Gasteiger partial charge in [-0.1, -0.05) is 17.7 Å². The monoisotopic (exact) mass is 329 g/mol. The average Bonchev–Trinajstić information content (AvgIpc) is 2.88. The number of carbonyl (C=O) groups excluding carboxylic acids is 2. The fourth-order valence-electron chi connectivity index (χ4n) is 4.09. The van der Waals surface area contributed by atoms with E-state index in [0.717, 1.165) is 36.4 Å². The maximum absolute atomic E-state index is 12.9. The third-order valence-corrected chi connectivity index (χ3v) is 5.16. The van der Waals surface area contributed by atoms with E-state index in [1.54, 1.807) is 0 Å². The number of anilines is 1. The van der Waals surface area contributed by atoms with Gasteiger partial charge >= 0.3 is 0 Å². The van der Waals surface area contributed by atoms with Crippen LogP contribution in [0.5, 0.6) is 0 Å². The second kappa shape index (κ2) is 6.55. The van der Waals surface area contributed by atoms with Gasteiger partial charge in [-0.25, -0.2) is 0 Å². The summed E-state index contributed by atoms with van der Waals surface area (Å²) in [6.45, 7) is 11.1. The number of nitrogens with zero attached hydrogens (tertiary/aromatic N) is 2. The third kappa shape index (κ3) is 3.05. The zero-order chi connectivity index (χ0) is 17.4. The van der Waals surface area contributed by atoms with E-state index in [1.165, 1.54) is 5.56 Å². The van der Waals surface area contributed by atoms with Crippen molar-refractivity contribution in [2.24, 2.45) is 5.92 Å². The Morgan fingerprint density at radius 1 is 1.21 bits per heavy atom. The van der Waals surface area contributed by atoms with Gasteiger partial charge in [0, 0.05) is 44.3 Å². The molecule has 0 aromatic heterocycles. The molecule has 24 heavy (non-hydrogen) atoms. The summed E-state index contributed by atoms with van der Waals surface area (Å²) in [7, 11) is 0. The van der Waals surface area contributed by atoms with E-state index in [1.807, 2.05) is 23.6 Å². The Morgan fingerprint density at radius 3 is 2.50 bits per heavy atom. The number of piperazine rings is 1. The van der Waals surface area contributed by atoms with Crippen LogP contribution in [0.2, 0.25) is 0 Å². The molecular formula is C19H27N3O2. The van der Waals surface area contributed by atoms with Crippen molar-refractivity contribution >= 4 is 17.5 Å². The lowest BCUT2D eigenvalue weighted by Gasteiger charge is -2.35. The minimum atomic E-state index is -0.224. The Kier molecular flexibility index (Phi) is 4.63. The molecule has 5 heteroatoms. The van der Waals surface area contributed by atoms with Crippen molar-refractivity contribution in [2.45, 2.75) is 40.2 Å². The van der Waals surface area contributed by atoms with E-state index in [2.05, 4.69) is 31.3 Å². The highest BCUT2D eigenvalue weighted by Crippen LogP contribution is 2.32. The molecule has 2 heterocycles. The summed E-state index contributed by atoms with van der Waals surface area (Å²) >= 11 is 0. The van der Waals surface area contributed by atoms with Crippen LogP contribution in [0, 0.1) is 26.7 Å². The van der Waals surface area contributed by atoms with Crippen LogP contribution in [0.3, 0.4) is 0 Å². The van der Waals surface area contributed by atoms with Crippen molar-refractivity contribution in [3.63, 3.8) is 0 Å². The van der Waals surface area contributed by atoms with Gasteiger partial charge in [0.2, 0.25) is 11.8 Å².